The normalized spacial score (nSPS) is 22.5. The Labute approximate surface area is 159 Å². The van der Waals surface area contributed by atoms with E-state index >= 15 is 0 Å². The monoisotopic (exact) mass is 365 g/mol. The van der Waals surface area contributed by atoms with Crippen molar-refractivity contribution >= 4 is 22.7 Å². The Bertz CT molecular complexity index is 898. The Balaban J connectivity index is 1.38. The fourth-order valence-corrected chi connectivity index (χ4v) is 4.63. The second kappa shape index (κ2) is 7.22. The minimum atomic E-state index is -0.0721. The largest absolute Gasteiger partial charge is 0.361 e. The number of allylic oxidation sites excluding steroid dienone is 1. The van der Waals surface area contributed by atoms with E-state index in [4.69, 9.17) is 0 Å². The summed E-state index contributed by atoms with van der Waals surface area (Å²) < 4.78 is 0. The van der Waals surface area contributed by atoms with Crippen LogP contribution >= 0.6 is 0 Å². The minimum Gasteiger partial charge on any atom is -0.361 e. The zero-order valence-electron chi connectivity index (χ0n) is 15.9. The summed E-state index contributed by atoms with van der Waals surface area (Å²) in [5, 5.41) is 4.35. The molecule has 5 nitrogen and oxygen atoms in total. The smallest absolute Gasteiger partial charge is 0.226 e. The van der Waals surface area contributed by atoms with E-state index in [1.165, 1.54) is 10.9 Å². The third-order valence-electron chi connectivity index (χ3n) is 6.21. The highest BCUT2D eigenvalue weighted by atomic mass is 16.2. The molecule has 2 heterocycles. The molecule has 0 bridgehead atoms. The summed E-state index contributed by atoms with van der Waals surface area (Å²) >= 11 is 0. The number of amides is 2. The molecule has 142 valence electrons. The SMILES string of the molecule is CN1C(=O)CCC2(CNC(=O)CCc3c[nH]c4ccccc34)CCCC=C12. The van der Waals surface area contributed by atoms with Crippen molar-refractivity contribution in [2.75, 3.05) is 13.6 Å². The number of carbonyl (C=O) groups excluding carboxylic acids is 2. The van der Waals surface area contributed by atoms with Gasteiger partial charge < -0.3 is 15.2 Å². The summed E-state index contributed by atoms with van der Waals surface area (Å²) in [5.74, 6) is 0.267. The molecule has 1 fully saturated rings. The number of benzene rings is 1. The number of carbonyl (C=O) groups is 2. The van der Waals surface area contributed by atoms with Gasteiger partial charge in [-0.2, -0.15) is 0 Å². The average Bonchev–Trinajstić information content (AvgIpc) is 3.11. The van der Waals surface area contributed by atoms with Gasteiger partial charge >= 0.3 is 0 Å². The molecule has 1 aromatic heterocycles. The first-order chi connectivity index (χ1) is 13.1. The van der Waals surface area contributed by atoms with Crippen molar-refractivity contribution in [1.82, 2.24) is 15.2 Å². The molecule has 2 amide bonds. The van der Waals surface area contributed by atoms with Crippen LogP contribution in [0.25, 0.3) is 10.9 Å². The summed E-state index contributed by atoms with van der Waals surface area (Å²) in [6.07, 6.45) is 9.98. The van der Waals surface area contributed by atoms with E-state index in [1.54, 1.807) is 4.90 Å². The summed E-state index contributed by atoms with van der Waals surface area (Å²) in [5.41, 5.74) is 3.33. The molecule has 0 saturated carbocycles. The molecule has 1 aliphatic heterocycles. The van der Waals surface area contributed by atoms with Crippen LogP contribution < -0.4 is 5.32 Å². The highest BCUT2D eigenvalue weighted by molar-refractivity contribution is 5.84. The number of aromatic amines is 1. The van der Waals surface area contributed by atoms with Crippen LogP contribution in [0.5, 0.6) is 0 Å². The van der Waals surface area contributed by atoms with E-state index < -0.39 is 0 Å². The standard InChI is InChI=1S/C22H27N3O2/c1-25-19-8-4-5-12-22(19,13-11-21(25)27)15-24-20(26)10-9-16-14-23-18-7-3-2-6-17(16)18/h2-3,6-8,14,23H,4-5,9-13,15H2,1H3,(H,24,26). The number of para-hydroxylation sites is 1. The molecule has 1 aromatic carbocycles. The average molecular weight is 365 g/mol. The van der Waals surface area contributed by atoms with Crippen LogP contribution in [0.1, 0.15) is 44.1 Å². The number of piperidine rings is 1. The van der Waals surface area contributed by atoms with Crippen LogP contribution in [0.3, 0.4) is 0 Å². The summed E-state index contributed by atoms with van der Waals surface area (Å²) in [4.78, 5) is 29.6. The number of hydrogen-bond acceptors (Lipinski definition) is 2. The molecule has 4 rings (SSSR count). The zero-order valence-corrected chi connectivity index (χ0v) is 15.9. The third-order valence-corrected chi connectivity index (χ3v) is 6.21. The number of nitrogens with one attached hydrogen (secondary N) is 2. The van der Waals surface area contributed by atoms with Crippen molar-refractivity contribution in [2.24, 2.45) is 5.41 Å². The van der Waals surface area contributed by atoms with E-state index in [2.05, 4.69) is 28.5 Å². The van der Waals surface area contributed by atoms with Crippen molar-refractivity contribution in [3.63, 3.8) is 0 Å². The van der Waals surface area contributed by atoms with Crippen molar-refractivity contribution in [3.05, 3.63) is 47.8 Å². The van der Waals surface area contributed by atoms with Crippen LogP contribution in [-0.4, -0.2) is 35.3 Å². The Morgan fingerprint density at radius 1 is 1.30 bits per heavy atom. The maximum Gasteiger partial charge on any atom is 0.226 e. The van der Waals surface area contributed by atoms with Crippen LogP contribution in [0.15, 0.2) is 42.2 Å². The van der Waals surface area contributed by atoms with Gasteiger partial charge in [-0.15, -0.1) is 0 Å². The fraction of sp³-hybridized carbons (Fsp3) is 0.455. The van der Waals surface area contributed by atoms with Crippen LogP contribution in [0, 0.1) is 5.41 Å². The lowest BCUT2D eigenvalue weighted by Gasteiger charge is -2.46. The van der Waals surface area contributed by atoms with Gasteiger partial charge in [0.1, 0.15) is 0 Å². The molecule has 1 atom stereocenters. The number of hydrogen-bond donors (Lipinski definition) is 2. The minimum absolute atomic E-state index is 0.0721. The van der Waals surface area contributed by atoms with E-state index in [0.717, 1.165) is 43.3 Å². The number of aromatic nitrogens is 1. The molecule has 2 aliphatic rings. The highest BCUT2D eigenvalue weighted by Crippen LogP contribution is 2.45. The predicted molar refractivity (Wildman–Crippen MR) is 106 cm³/mol. The lowest BCUT2D eigenvalue weighted by Crippen LogP contribution is -2.49. The van der Waals surface area contributed by atoms with E-state index in [9.17, 15) is 9.59 Å². The molecule has 2 aromatic rings. The molecule has 2 N–H and O–H groups in total. The Kier molecular flexibility index (Phi) is 4.77. The highest BCUT2D eigenvalue weighted by Gasteiger charge is 2.43. The summed E-state index contributed by atoms with van der Waals surface area (Å²) in [6, 6.07) is 8.18. The molecule has 1 aliphatic carbocycles. The van der Waals surface area contributed by atoms with Gasteiger partial charge in [-0.25, -0.2) is 0 Å². The first-order valence-corrected chi connectivity index (χ1v) is 9.88. The molecule has 0 spiro atoms. The zero-order chi connectivity index (χ0) is 18.9. The quantitative estimate of drug-likeness (QED) is 0.851. The number of fused-ring (bicyclic) bond motifs is 2. The first-order valence-electron chi connectivity index (χ1n) is 9.88. The molecular formula is C22H27N3O2. The first kappa shape index (κ1) is 17.8. The second-order valence-electron chi connectivity index (χ2n) is 7.85. The van der Waals surface area contributed by atoms with Gasteiger partial charge in [0.25, 0.3) is 0 Å². The van der Waals surface area contributed by atoms with Crippen LogP contribution in [-0.2, 0) is 16.0 Å². The Hall–Kier alpha value is -2.56. The van der Waals surface area contributed by atoms with Gasteiger partial charge in [0.05, 0.1) is 0 Å². The number of rotatable bonds is 5. The number of likely N-dealkylation sites (tertiary alicyclic amines) is 1. The molecule has 5 heteroatoms. The number of H-pyrrole nitrogens is 1. The van der Waals surface area contributed by atoms with Gasteiger partial charge in [0.15, 0.2) is 0 Å². The van der Waals surface area contributed by atoms with Crippen molar-refractivity contribution in [2.45, 2.75) is 44.9 Å². The molecule has 1 saturated heterocycles. The Morgan fingerprint density at radius 3 is 3.04 bits per heavy atom. The maximum atomic E-state index is 12.5. The lowest BCUT2D eigenvalue weighted by atomic mass is 9.70. The number of nitrogens with zero attached hydrogens (tertiary/aromatic N) is 1. The van der Waals surface area contributed by atoms with E-state index in [-0.39, 0.29) is 17.2 Å². The van der Waals surface area contributed by atoms with Crippen molar-refractivity contribution in [1.29, 1.82) is 0 Å². The van der Waals surface area contributed by atoms with Gasteiger partial charge in [-0.1, -0.05) is 24.3 Å². The van der Waals surface area contributed by atoms with E-state index in [1.807, 2.05) is 25.4 Å². The lowest BCUT2D eigenvalue weighted by molar-refractivity contribution is -0.132. The van der Waals surface area contributed by atoms with Gasteiger partial charge in [-0.3, -0.25) is 9.59 Å². The van der Waals surface area contributed by atoms with Gasteiger partial charge in [0, 0.05) is 54.6 Å². The van der Waals surface area contributed by atoms with Crippen molar-refractivity contribution < 1.29 is 9.59 Å². The van der Waals surface area contributed by atoms with Crippen LogP contribution in [0.4, 0.5) is 0 Å². The van der Waals surface area contributed by atoms with Crippen molar-refractivity contribution in [3.8, 4) is 0 Å². The van der Waals surface area contributed by atoms with Crippen LogP contribution in [0.2, 0.25) is 0 Å². The number of aryl methyl sites for hydroxylation is 1. The molecule has 27 heavy (non-hydrogen) atoms. The summed E-state index contributed by atoms with van der Waals surface area (Å²) in [6.45, 7) is 0.628. The van der Waals surface area contributed by atoms with Gasteiger partial charge in [0.2, 0.25) is 11.8 Å². The Morgan fingerprint density at radius 2 is 2.15 bits per heavy atom. The third kappa shape index (κ3) is 3.38. The predicted octanol–water partition coefficient (Wildman–Crippen LogP) is 3.52. The van der Waals surface area contributed by atoms with Gasteiger partial charge in [-0.05, 0) is 43.7 Å². The second-order valence-corrected chi connectivity index (χ2v) is 7.85. The fourth-order valence-electron chi connectivity index (χ4n) is 4.63. The molecular weight excluding hydrogens is 338 g/mol. The maximum absolute atomic E-state index is 12.5. The topological polar surface area (TPSA) is 65.2 Å². The molecule has 0 radical (unpaired) electrons. The summed E-state index contributed by atoms with van der Waals surface area (Å²) in [7, 11) is 1.87. The van der Waals surface area contributed by atoms with E-state index in [0.29, 0.717) is 19.4 Å². The molecule has 1 unspecified atom stereocenters.